The van der Waals surface area contributed by atoms with Crippen LogP contribution in [-0.4, -0.2) is 23.5 Å². The van der Waals surface area contributed by atoms with Crippen molar-refractivity contribution in [1.82, 2.24) is 5.16 Å². The van der Waals surface area contributed by atoms with Crippen LogP contribution in [0.3, 0.4) is 0 Å². The normalized spacial score (nSPS) is 10.6. The summed E-state index contributed by atoms with van der Waals surface area (Å²) in [5.74, 6) is -0.888. The van der Waals surface area contributed by atoms with Crippen LogP contribution in [0, 0.1) is 12.7 Å². The lowest BCUT2D eigenvalue weighted by atomic mass is 10.1. The zero-order valence-electron chi connectivity index (χ0n) is 13.0. The van der Waals surface area contributed by atoms with Crippen LogP contribution in [0.25, 0.3) is 0 Å². The van der Waals surface area contributed by atoms with E-state index in [1.807, 2.05) is 6.92 Å². The highest BCUT2D eigenvalue weighted by atomic mass is 19.1. The van der Waals surface area contributed by atoms with Crippen LogP contribution in [0.2, 0.25) is 0 Å². The van der Waals surface area contributed by atoms with Crippen LogP contribution in [0.1, 0.15) is 35.2 Å². The zero-order valence-corrected chi connectivity index (χ0v) is 13.0. The van der Waals surface area contributed by atoms with E-state index in [4.69, 9.17) is 10.3 Å². The molecule has 1 heterocycles. The van der Waals surface area contributed by atoms with E-state index < -0.39 is 11.7 Å². The van der Waals surface area contributed by atoms with Crippen molar-refractivity contribution in [3.8, 4) is 0 Å². The van der Waals surface area contributed by atoms with Crippen molar-refractivity contribution in [3.63, 3.8) is 0 Å². The van der Waals surface area contributed by atoms with Gasteiger partial charge in [0, 0.05) is 18.7 Å². The molecule has 23 heavy (non-hydrogen) atoms. The molecule has 0 aliphatic heterocycles. The van der Waals surface area contributed by atoms with Gasteiger partial charge in [0.15, 0.2) is 0 Å². The molecule has 122 valence electrons. The van der Waals surface area contributed by atoms with Crippen molar-refractivity contribution < 1.29 is 18.5 Å². The molecule has 1 aromatic heterocycles. The number of primary amides is 1. The fraction of sp³-hybridized carbons (Fsp3) is 0.312. The third-order valence-corrected chi connectivity index (χ3v) is 3.45. The lowest BCUT2D eigenvalue weighted by Gasteiger charge is -2.22. The molecule has 6 nitrogen and oxygen atoms in total. The highest BCUT2D eigenvalue weighted by Gasteiger charge is 2.25. The number of nitrogens with zero attached hydrogens (tertiary/aromatic N) is 2. The Bertz CT molecular complexity index is 710. The predicted molar refractivity (Wildman–Crippen MR) is 82.5 cm³/mol. The molecular formula is C16H18FN3O3. The van der Waals surface area contributed by atoms with Gasteiger partial charge in [-0.25, -0.2) is 4.39 Å². The second-order valence-electron chi connectivity index (χ2n) is 5.06. The van der Waals surface area contributed by atoms with E-state index in [0.29, 0.717) is 29.1 Å². The molecule has 0 atom stereocenters. The summed E-state index contributed by atoms with van der Waals surface area (Å²) in [5, 5.41) is 3.87. The minimum Gasteiger partial charge on any atom is -0.370 e. The van der Waals surface area contributed by atoms with Crippen molar-refractivity contribution >= 4 is 17.5 Å². The van der Waals surface area contributed by atoms with E-state index in [-0.39, 0.29) is 18.9 Å². The molecule has 0 radical (unpaired) electrons. The summed E-state index contributed by atoms with van der Waals surface area (Å²) in [6.07, 6.45) is 0.528. The van der Waals surface area contributed by atoms with Crippen LogP contribution in [0.4, 0.5) is 10.1 Å². The average Bonchev–Trinajstić information content (AvgIpc) is 2.89. The maximum atomic E-state index is 13.1. The van der Waals surface area contributed by atoms with Crippen molar-refractivity contribution in [2.24, 2.45) is 5.73 Å². The first-order valence-electron chi connectivity index (χ1n) is 7.25. The Morgan fingerprint density at radius 3 is 2.52 bits per heavy atom. The summed E-state index contributed by atoms with van der Waals surface area (Å²) >= 11 is 0. The lowest BCUT2D eigenvalue weighted by molar-refractivity contribution is -0.117. The maximum Gasteiger partial charge on any atom is 0.263 e. The number of carbonyl (C=O) groups excluding carboxylic acids is 2. The fourth-order valence-electron chi connectivity index (χ4n) is 2.26. The Morgan fingerprint density at radius 1 is 1.30 bits per heavy atom. The second kappa shape index (κ2) is 7.04. The summed E-state index contributed by atoms with van der Waals surface area (Å²) < 4.78 is 18.2. The maximum absolute atomic E-state index is 13.1. The van der Waals surface area contributed by atoms with Crippen molar-refractivity contribution in [2.75, 3.05) is 11.4 Å². The molecule has 2 amide bonds. The molecule has 0 aliphatic rings. The Hall–Kier alpha value is -2.70. The molecule has 0 aliphatic carbocycles. The van der Waals surface area contributed by atoms with Crippen molar-refractivity contribution in [3.05, 3.63) is 47.1 Å². The third kappa shape index (κ3) is 3.74. The molecule has 7 heteroatoms. The van der Waals surface area contributed by atoms with E-state index in [9.17, 15) is 14.0 Å². The monoisotopic (exact) mass is 319 g/mol. The number of carbonyl (C=O) groups is 2. The van der Waals surface area contributed by atoms with Gasteiger partial charge in [0.1, 0.15) is 17.1 Å². The van der Waals surface area contributed by atoms with Gasteiger partial charge < -0.3 is 15.2 Å². The number of anilines is 1. The van der Waals surface area contributed by atoms with E-state index in [1.54, 1.807) is 6.92 Å². The number of benzene rings is 1. The number of halogens is 1. The molecule has 2 rings (SSSR count). The van der Waals surface area contributed by atoms with Crippen molar-refractivity contribution in [1.29, 1.82) is 0 Å². The van der Waals surface area contributed by atoms with Crippen LogP contribution < -0.4 is 10.6 Å². The summed E-state index contributed by atoms with van der Waals surface area (Å²) in [7, 11) is 0. The van der Waals surface area contributed by atoms with Gasteiger partial charge in [0.25, 0.3) is 5.91 Å². The Kier molecular flexibility index (Phi) is 5.10. The summed E-state index contributed by atoms with van der Waals surface area (Å²) in [6.45, 7) is 3.60. The highest BCUT2D eigenvalue weighted by molar-refractivity contribution is 6.07. The summed E-state index contributed by atoms with van der Waals surface area (Å²) in [5.41, 5.74) is 6.56. The van der Waals surface area contributed by atoms with Gasteiger partial charge in [-0.2, -0.15) is 0 Å². The molecule has 0 fully saturated rings. The molecule has 0 saturated carbocycles. The molecule has 0 unspecified atom stereocenters. The Balaban J connectivity index is 2.39. The number of hydrogen-bond acceptors (Lipinski definition) is 4. The van der Waals surface area contributed by atoms with Crippen LogP contribution in [0.15, 0.2) is 28.8 Å². The summed E-state index contributed by atoms with van der Waals surface area (Å²) in [4.78, 5) is 25.3. The molecule has 2 N–H and O–H groups in total. The Morgan fingerprint density at radius 2 is 1.96 bits per heavy atom. The molecule has 0 saturated heterocycles. The van der Waals surface area contributed by atoms with Crippen LogP contribution in [-0.2, 0) is 11.2 Å². The van der Waals surface area contributed by atoms with Gasteiger partial charge >= 0.3 is 0 Å². The average molecular weight is 319 g/mol. The lowest BCUT2D eigenvalue weighted by Crippen LogP contribution is -2.34. The number of amides is 2. The number of hydrogen-bond donors (Lipinski definition) is 1. The first kappa shape index (κ1) is 16.7. The Labute approximate surface area is 133 Å². The van der Waals surface area contributed by atoms with E-state index in [1.165, 1.54) is 29.2 Å². The topological polar surface area (TPSA) is 89.4 Å². The van der Waals surface area contributed by atoms with Gasteiger partial charge in [0.05, 0.1) is 5.69 Å². The molecule has 0 bridgehead atoms. The van der Waals surface area contributed by atoms with Gasteiger partial charge in [0.2, 0.25) is 5.91 Å². The SMILES string of the molecule is CCc1noc(C)c1C(=O)N(CCC(N)=O)c1ccc(F)cc1. The quantitative estimate of drug-likeness (QED) is 0.884. The van der Waals surface area contributed by atoms with E-state index >= 15 is 0 Å². The minimum absolute atomic E-state index is 0.00506. The summed E-state index contributed by atoms with van der Waals surface area (Å²) in [6, 6.07) is 5.45. The predicted octanol–water partition coefficient (Wildman–Crippen LogP) is 2.21. The number of aryl methyl sites for hydroxylation is 2. The van der Waals surface area contributed by atoms with Gasteiger partial charge in [-0.05, 0) is 37.6 Å². The fourth-order valence-corrected chi connectivity index (χ4v) is 2.26. The number of nitrogens with two attached hydrogens (primary N) is 1. The van der Waals surface area contributed by atoms with Crippen molar-refractivity contribution in [2.45, 2.75) is 26.7 Å². The number of rotatable bonds is 6. The second-order valence-corrected chi connectivity index (χ2v) is 5.06. The zero-order chi connectivity index (χ0) is 17.0. The first-order chi connectivity index (χ1) is 10.9. The number of aromatic nitrogens is 1. The smallest absolute Gasteiger partial charge is 0.263 e. The van der Waals surface area contributed by atoms with Gasteiger partial charge in [-0.15, -0.1) is 0 Å². The minimum atomic E-state index is -0.525. The first-order valence-corrected chi connectivity index (χ1v) is 7.25. The highest BCUT2D eigenvalue weighted by Crippen LogP contribution is 2.22. The van der Waals surface area contributed by atoms with E-state index in [2.05, 4.69) is 5.16 Å². The van der Waals surface area contributed by atoms with Gasteiger partial charge in [-0.1, -0.05) is 12.1 Å². The molecule has 1 aromatic carbocycles. The van der Waals surface area contributed by atoms with E-state index in [0.717, 1.165) is 0 Å². The van der Waals surface area contributed by atoms with Crippen LogP contribution >= 0.6 is 0 Å². The van der Waals surface area contributed by atoms with Crippen LogP contribution in [0.5, 0.6) is 0 Å². The molecule has 2 aromatic rings. The standard InChI is InChI=1S/C16H18FN3O3/c1-3-13-15(10(2)23-19-13)16(22)20(9-8-14(18)21)12-6-4-11(17)5-7-12/h4-7H,3,8-9H2,1-2H3,(H2,18,21). The molecule has 0 spiro atoms. The van der Waals surface area contributed by atoms with Gasteiger partial charge in [-0.3, -0.25) is 9.59 Å². The third-order valence-electron chi connectivity index (χ3n) is 3.45. The largest absolute Gasteiger partial charge is 0.370 e. The molecular weight excluding hydrogens is 301 g/mol.